The highest BCUT2D eigenvalue weighted by Crippen LogP contribution is 2.47. The number of methoxy groups -OCH3 is 1. The van der Waals surface area contributed by atoms with Crippen LogP contribution in [0.2, 0.25) is 0 Å². The standard InChI is InChI=1S/C29H32F3NO3/c1-6-17(2)14-19(4)27-25-9-7-8-24(33(25)28(34)36-27)22-16-20(29(30,31)32)11-12-21(22)23-15-18(3)10-13-26(23)35-5/h10-16,24-25,27H,2,6-9H2,1,3-5H3. The Hall–Kier alpha value is -3.22. The molecule has 2 fully saturated rings. The Labute approximate surface area is 210 Å². The van der Waals surface area contributed by atoms with Crippen molar-refractivity contribution in [1.29, 1.82) is 0 Å². The van der Waals surface area contributed by atoms with E-state index in [0.717, 1.165) is 42.0 Å². The summed E-state index contributed by atoms with van der Waals surface area (Å²) in [5.74, 6) is 0.563. The number of allylic oxidation sites excluding steroid dienone is 2. The lowest BCUT2D eigenvalue weighted by atomic mass is 9.84. The molecule has 2 aliphatic rings. The zero-order chi connectivity index (χ0) is 26.2. The zero-order valence-electron chi connectivity index (χ0n) is 21.1. The van der Waals surface area contributed by atoms with E-state index in [2.05, 4.69) is 6.58 Å². The number of hydrogen-bond donors (Lipinski definition) is 0. The van der Waals surface area contributed by atoms with E-state index >= 15 is 0 Å². The van der Waals surface area contributed by atoms with Gasteiger partial charge in [-0.1, -0.05) is 42.8 Å². The summed E-state index contributed by atoms with van der Waals surface area (Å²) in [6.07, 6.45) is -0.702. The van der Waals surface area contributed by atoms with Gasteiger partial charge in [-0.25, -0.2) is 4.79 Å². The third-order valence-corrected chi connectivity index (χ3v) is 7.18. The number of amides is 1. The molecule has 0 saturated carbocycles. The zero-order valence-corrected chi connectivity index (χ0v) is 21.1. The second-order valence-electron chi connectivity index (χ2n) is 9.63. The van der Waals surface area contributed by atoms with E-state index in [4.69, 9.17) is 9.47 Å². The maximum absolute atomic E-state index is 13.8. The molecule has 0 aliphatic carbocycles. The van der Waals surface area contributed by atoms with Crippen LogP contribution in [0.3, 0.4) is 0 Å². The number of fused-ring (bicyclic) bond motifs is 1. The Balaban J connectivity index is 1.84. The van der Waals surface area contributed by atoms with Gasteiger partial charge >= 0.3 is 12.3 Å². The minimum atomic E-state index is -4.51. The van der Waals surface area contributed by atoms with Crippen LogP contribution in [-0.2, 0) is 10.9 Å². The fraction of sp³-hybridized carbons (Fsp3) is 0.414. The number of rotatable bonds is 6. The van der Waals surface area contributed by atoms with Gasteiger partial charge < -0.3 is 9.47 Å². The van der Waals surface area contributed by atoms with Crippen LogP contribution in [-0.4, -0.2) is 30.2 Å². The third-order valence-electron chi connectivity index (χ3n) is 7.18. The molecule has 2 aromatic rings. The number of piperidine rings is 1. The molecule has 0 N–H and O–H groups in total. The number of carbonyl (C=O) groups excluding carboxylic acids is 1. The summed E-state index contributed by atoms with van der Waals surface area (Å²) in [6, 6.07) is 8.58. The molecule has 1 amide bonds. The summed E-state index contributed by atoms with van der Waals surface area (Å²) in [6.45, 7) is 9.86. The lowest BCUT2D eigenvalue weighted by Crippen LogP contribution is -2.43. The quantitative estimate of drug-likeness (QED) is 0.378. The van der Waals surface area contributed by atoms with Gasteiger partial charge in [0, 0.05) is 5.56 Å². The Morgan fingerprint density at radius 2 is 1.94 bits per heavy atom. The molecule has 2 aliphatic heterocycles. The van der Waals surface area contributed by atoms with Crippen LogP contribution in [0.5, 0.6) is 5.75 Å². The smallest absolute Gasteiger partial charge is 0.416 e. The molecule has 3 unspecified atom stereocenters. The first-order valence-corrected chi connectivity index (χ1v) is 12.3. The number of alkyl halides is 3. The van der Waals surface area contributed by atoms with E-state index in [1.807, 2.05) is 45.0 Å². The summed E-state index contributed by atoms with van der Waals surface area (Å²) >= 11 is 0. The van der Waals surface area contributed by atoms with Gasteiger partial charge in [-0.05, 0) is 80.5 Å². The largest absolute Gasteiger partial charge is 0.496 e. The van der Waals surface area contributed by atoms with Crippen molar-refractivity contribution in [2.24, 2.45) is 0 Å². The number of benzene rings is 2. The van der Waals surface area contributed by atoms with Gasteiger partial charge in [0.15, 0.2) is 0 Å². The molecule has 192 valence electrons. The summed E-state index contributed by atoms with van der Waals surface area (Å²) in [4.78, 5) is 14.8. The maximum Gasteiger partial charge on any atom is 0.416 e. The number of cyclic esters (lactones) is 1. The molecule has 0 aromatic heterocycles. The van der Waals surface area contributed by atoms with Crippen molar-refractivity contribution in [3.63, 3.8) is 0 Å². The molecule has 0 radical (unpaired) electrons. The first-order chi connectivity index (χ1) is 17.0. The highest BCUT2D eigenvalue weighted by molar-refractivity contribution is 5.77. The molecule has 4 rings (SSSR count). The summed E-state index contributed by atoms with van der Waals surface area (Å²) in [7, 11) is 1.54. The van der Waals surface area contributed by atoms with Crippen LogP contribution in [0.25, 0.3) is 11.1 Å². The van der Waals surface area contributed by atoms with Crippen molar-refractivity contribution in [2.75, 3.05) is 7.11 Å². The van der Waals surface area contributed by atoms with E-state index in [9.17, 15) is 18.0 Å². The molecule has 0 bridgehead atoms. The predicted octanol–water partition coefficient (Wildman–Crippen LogP) is 8.02. The number of ether oxygens (including phenoxy) is 2. The lowest BCUT2D eigenvalue weighted by Gasteiger charge is -2.38. The normalized spacial score (nSPS) is 22.3. The van der Waals surface area contributed by atoms with Crippen molar-refractivity contribution in [1.82, 2.24) is 4.90 Å². The van der Waals surface area contributed by atoms with Gasteiger partial charge in [-0.3, -0.25) is 4.90 Å². The Morgan fingerprint density at radius 1 is 1.19 bits per heavy atom. The van der Waals surface area contributed by atoms with Crippen LogP contribution in [0.15, 0.2) is 60.2 Å². The highest BCUT2D eigenvalue weighted by atomic mass is 19.4. The Kier molecular flexibility index (Phi) is 7.21. The fourth-order valence-electron chi connectivity index (χ4n) is 5.34. The molecule has 3 atom stereocenters. The molecular formula is C29H32F3NO3. The second kappa shape index (κ2) is 10.0. The van der Waals surface area contributed by atoms with Gasteiger partial charge in [0.25, 0.3) is 0 Å². The Bertz CT molecular complexity index is 1200. The highest BCUT2D eigenvalue weighted by Gasteiger charge is 2.48. The van der Waals surface area contributed by atoms with Gasteiger partial charge in [0.2, 0.25) is 0 Å². The van der Waals surface area contributed by atoms with Crippen LogP contribution < -0.4 is 4.74 Å². The molecule has 2 aromatic carbocycles. The van der Waals surface area contributed by atoms with Crippen molar-refractivity contribution in [2.45, 2.75) is 70.8 Å². The molecule has 0 spiro atoms. The number of hydrogen-bond acceptors (Lipinski definition) is 3. The SMILES string of the molecule is C=C(C=C(C)C1OC(=O)N2C(c3cc(C(F)(F)F)ccc3-c3cc(C)ccc3OC)CCCC12)CC. The second-order valence-corrected chi connectivity index (χ2v) is 9.63. The van der Waals surface area contributed by atoms with E-state index in [1.54, 1.807) is 4.90 Å². The van der Waals surface area contributed by atoms with Crippen molar-refractivity contribution in [3.05, 3.63) is 76.9 Å². The van der Waals surface area contributed by atoms with Gasteiger partial charge in [0.1, 0.15) is 11.9 Å². The van der Waals surface area contributed by atoms with Gasteiger partial charge in [-0.2, -0.15) is 13.2 Å². The number of carbonyl (C=O) groups is 1. The molecule has 4 nitrogen and oxygen atoms in total. The van der Waals surface area contributed by atoms with Crippen molar-refractivity contribution < 1.29 is 27.4 Å². The molecule has 2 saturated heterocycles. The van der Waals surface area contributed by atoms with E-state index in [0.29, 0.717) is 28.9 Å². The minimum Gasteiger partial charge on any atom is -0.496 e. The van der Waals surface area contributed by atoms with Crippen LogP contribution in [0.1, 0.15) is 62.3 Å². The monoisotopic (exact) mass is 499 g/mol. The topological polar surface area (TPSA) is 38.8 Å². The van der Waals surface area contributed by atoms with Crippen LogP contribution in [0.4, 0.5) is 18.0 Å². The maximum atomic E-state index is 13.8. The van der Waals surface area contributed by atoms with E-state index in [1.165, 1.54) is 19.2 Å². The van der Waals surface area contributed by atoms with Crippen molar-refractivity contribution in [3.8, 4) is 16.9 Å². The van der Waals surface area contributed by atoms with Crippen LogP contribution >= 0.6 is 0 Å². The van der Waals surface area contributed by atoms with E-state index in [-0.39, 0.29) is 6.04 Å². The first kappa shape index (κ1) is 25.9. The lowest BCUT2D eigenvalue weighted by molar-refractivity contribution is -0.137. The fourth-order valence-corrected chi connectivity index (χ4v) is 5.34. The van der Waals surface area contributed by atoms with Gasteiger partial charge in [-0.15, -0.1) is 0 Å². The average Bonchev–Trinajstić information content (AvgIpc) is 3.19. The number of nitrogens with zero attached hydrogens (tertiary/aromatic N) is 1. The molecular weight excluding hydrogens is 467 g/mol. The van der Waals surface area contributed by atoms with Crippen molar-refractivity contribution >= 4 is 6.09 Å². The third kappa shape index (κ3) is 4.88. The molecule has 7 heteroatoms. The summed E-state index contributed by atoms with van der Waals surface area (Å²) in [5.41, 5.74) is 3.81. The van der Waals surface area contributed by atoms with Gasteiger partial charge in [0.05, 0.1) is 24.8 Å². The number of halogens is 3. The average molecular weight is 500 g/mol. The minimum absolute atomic E-state index is 0.251. The number of aryl methyl sites for hydroxylation is 1. The Morgan fingerprint density at radius 3 is 2.61 bits per heavy atom. The molecule has 36 heavy (non-hydrogen) atoms. The molecule has 2 heterocycles. The summed E-state index contributed by atoms with van der Waals surface area (Å²) in [5, 5.41) is 0. The van der Waals surface area contributed by atoms with Crippen LogP contribution in [0, 0.1) is 6.92 Å². The predicted molar refractivity (Wildman–Crippen MR) is 134 cm³/mol. The first-order valence-electron chi connectivity index (χ1n) is 12.3. The van der Waals surface area contributed by atoms with E-state index < -0.39 is 30.0 Å². The summed E-state index contributed by atoms with van der Waals surface area (Å²) < 4.78 is 52.8.